The van der Waals surface area contributed by atoms with Gasteiger partial charge in [-0.1, -0.05) is 42.5 Å². The van der Waals surface area contributed by atoms with Gasteiger partial charge in [-0.05, 0) is 30.7 Å². The summed E-state index contributed by atoms with van der Waals surface area (Å²) in [6, 6.07) is 17.5. The molecule has 1 aromatic heterocycles. The van der Waals surface area contributed by atoms with Gasteiger partial charge in [0.1, 0.15) is 5.69 Å². The molecule has 7 heteroatoms. The molecule has 0 bridgehead atoms. The predicted molar refractivity (Wildman–Crippen MR) is 99.5 cm³/mol. The van der Waals surface area contributed by atoms with E-state index in [0.29, 0.717) is 11.4 Å². The quantitative estimate of drug-likeness (QED) is 0.723. The van der Waals surface area contributed by atoms with Gasteiger partial charge in [0, 0.05) is 11.8 Å². The number of aromatic nitrogens is 2. The number of carbonyl (C=O) groups excluding carboxylic acids is 1. The van der Waals surface area contributed by atoms with Gasteiger partial charge in [0.25, 0.3) is 5.91 Å². The van der Waals surface area contributed by atoms with Crippen LogP contribution in [0, 0.1) is 0 Å². The van der Waals surface area contributed by atoms with E-state index in [9.17, 15) is 13.2 Å². The lowest BCUT2D eigenvalue weighted by Gasteiger charge is -2.14. The van der Waals surface area contributed by atoms with E-state index < -0.39 is 9.84 Å². The predicted octanol–water partition coefficient (Wildman–Crippen LogP) is 2.97. The Labute approximate surface area is 152 Å². The van der Waals surface area contributed by atoms with Crippen molar-refractivity contribution in [3.05, 3.63) is 71.9 Å². The van der Waals surface area contributed by atoms with Crippen LogP contribution in [0.4, 0.5) is 0 Å². The van der Waals surface area contributed by atoms with Crippen molar-refractivity contribution in [2.75, 3.05) is 6.26 Å². The summed E-state index contributed by atoms with van der Waals surface area (Å²) in [6.45, 7) is 1.84. The Morgan fingerprint density at radius 2 is 1.73 bits per heavy atom. The Hall–Kier alpha value is -2.93. The maximum atomic E-state index is 12.4. The first kappa shape index (κ1) is 17.9. The number of benzene rings is 2. The molecule has 0 fully saturated rings. The van der Waals surface area contributed by atoms with Gasteiger partial charge in [-0.3, -0.25) is 9.89 Å². The lowest BCUT2D eigenvalue weighted by Crippen LogP contribution is -2.27. The second-order valence-corrected chi connectivity index (χ2v) is 8.08. The number of nitrogens with one attached hydrogen (secondary N) is 2. The van der Waals surface area contributed by atoms with E-state index >= 15 is 0 Å². The highest BCUT2D eigenvalue weighted by atomic mass is 32.2. The van der Waals surface area contributed by atoms with Gasteiger partial charge >= 0.3 is 0 Å². The van der Waals surface area contributed by atoms with Crippen molar-refractivity contribution in [2.45, 2.75) is 17.9 Å². The number of hydrogen-bond acceptors (Lipinski definition) is 4. The maximum Gasteiger partial charge on any atom is 0.269 e. The second-order valence-electron chi connectivity index (χ2n) is 6.07. The fourth-order valence-electron chi connectivity index (χ4n) is 2.56. The van der Waals surface area contributed by atoms with Crippen LogP contribution in [0.2, 0.25) is 0 Å². The zero-order valence-electron chi connectivity index (χ0n) is 14.4. The van der Waals surface area contributed by atoms with Crippen molar-refractivity contribution < 1.29 is 13.2 Å². The summed E-state index contributed by atoms with van der Waals surface area (Å²) in [5.74, 6) is -0.278. The van der Waals surface area contributed by atoms with Crippen LogP contribution >= 0.6 is 0 Å². The molecule has 0 spiro atoms. The number of rotatable bonds is 5. The molecule has 3 aromatic rings. The summed E-state index contributed by atoms with van der Waals surface area (Å²) in [4.78, 5) is 12.7. The molecular formula is C19H19N3O3S. The molecule has 1 unspecified atom stereocenters. The molecule has 0 aliphatic heterocycles. The molecule has 0 saturated heterocycles. The summed E-state index contributed by atoms with van der Waals surface area (Å²) in [5, 5.41) is 9.80. The van der Waals surface area contributed by atoms with Gasteiger partial charge in [0.15, 0.2) is 9.84 Å². The average Bonchev–Trinajstić information content (AvgIpc) is 3.12. The van der Waals surface area contributed by atoms with Crippen LogP contribution in [0.3, 0.4) is 0 Å². The summed E-state index contributed by atoms with van der Waals surface area (Å²) in [7, 11) is -3.24. The van der Waals surface area contributed by atoms with Crippen molar-refractivity contribution in [2.24, 2.45) is 0 Å². The minimum Gasteiger partial charge on any atom is -0.344 e. The van der Waals surface area contributed by atoms with E-state index in [2.05, 4.69) is 15.5 Å². The zero-order valence-corrected chi connectivity index (χ0v) is 15.2. The van der Waals surface area contributed by atoms with E-state index in [0.717, 1.165) is 17.4 Å². The molecule has 134 valence electrons. The molecule has 0 saturated carbocycles. The van der Waals surface area contributed by atoms with Gasteiger partial charge in [-0.15, -0.1) is 0 Å². The number of amides is 1. The summed E-state index contributed by atoms with van der Waals surface area (Å²) in [5.41, 5.74) is 2.80. The third-order valence-corrected chi connectivity index (χ3v) is 5.18. The summed E-state index contributed by atoms with van der Waals surface area (Å²) < 4.78 is 23.0. The van der Waals surface area contributed by atoms with Crippen LogP contribution in [-0.2, 0) is 9.84 Å². The van der Waals surface area contributed by atoms with Crippen molar-refractivity contribution in [3.63, 3.8) is 0 Å². The number of carbonyl (C=O) groups is 1. The van der Waals surface area contributed by atoms with Crippen molar-refractivity contribution in [3.8, 4) is 11.3 Å². The van der Waals surface area contributed by atoms with Gasteiger partial charge in [-0.2, -0.15) is 5.10 Å². The van der Waals surface area contributed by atoms with Crippen LogP contribution < -0.4 is 5.32 Å². The molecule has 0 radical (unpaired) electrons. The molecule has 3 rings (SSSR count). The Bertz CT molecular complexity index is 1010. The first-order valence-electron chi connectivity index (χ1n) is 8.06. The van der Waals surface area contributed by atoms with Crippen molar-refractivity contribution in [1.82, 2.24) is 15.5 Å². The minimum atomic E-state index is -3.24. The Morgan fingerprint density at radius 3 is 2.35 bits per heavy atom. The van der Waals surface area contributed by atoms with Gasteiger partial charge in [0.2, 0.25) is 0 Å². The molecular weight excluding hydrogens is 350 g/mol. The SMILES string of the molecule is CC(NC(=O)c1cc(-c2ccccc2)n[nH]1)c1ccc(S(C)(=O)=O)cc1. The molecule has 0 aliphatic carbocycles. The number of sulfone groups is 1. The summed E-state index contributed by atoms with van der Waals surface area (Å²) in [6.07, 6.45) is 1.16. The minimum absolute atomic E-state index is 0.251. The Balaban J connectivity index is 1.71. The second kappa shape index (κ2) is 7.13. The smallest absolute Gasteiger partial charge is 0.269 e. The number of aromatic amines is 1. The average molecular weight is 369 g/mol. The third kappa shape index (κ3) is 4.00. The molecule has 2 N–H and O–H groups in total. The zero-order chi connectivity index (χ0) is 18.7. The first-order valence-corrected chi connectivity index (χ1v) is 9.95. The van der Waals surface area contributed by atoms with E-state index in [-0.39, 0.29) is 16.8 Å². The van der Waals surface area contributed by atoms with Crippen molar-refractivity contribution >= 4 is 15.7 Å². The normalized spacial score (nSPS) is 12.5. The Morgan fingerprint density at radius 1 is 1.08 bits per heavy atom. The van der Waals surface area contributed by atoms with Crippen molar-refractivity contribution in [1.29, 1.82) is 0 Å². The topological polar surface area (TPSA) is 91.9 Å². The van der Waals surface area contributed by atoms with Gasteiger partial charge in [-0.25, -0.2) is 8.42 Å². The number of nitrogens with zero attached hydrogens (tertiary/aromatic N) is 1. The molecule has 0 aliphatic rings. The van der Waals surface area contributed by atoms with E-state index in [4.69, 9.17) is 0 Å². The molecule has 26 heavy (non-hydrogen) atoms. The maximum absolute atomic E-state index is 12.4. The highest BCUT2D eigenvalue weighted by molar-refractivity contribution is 7.90. The van der Waals surface area contributed by atoms with E-state index in [1.807, 2.05) is 37.3 Å². The highest BCUT2D eigenvalue weighted by Crippen LogP contribution is 2.19. The molecule has 1 atom stereocenters. The number of H-pyrrole nitrogens is 1. The molecule has 1 amide bonds. The first-order chi connectivity index (χ1) is 12.3. The Kier molecular flexibility index (Phi) is 4.90. The lowest BCUT2D eigenvalue weighted by molar-refractivity contribution is 0.0935. The number of hydrogen-bond donors (Lipinski definition) is 2. The van der Waals surface area contributed by atoms with E-state index in [1.54, 1.807) is 18.2 Å². The monoisotopic (exact) mass is 369 g/mol. The molecule has 2 aromatic carbocycles. The molecule has 1 heterocycles. The molecule has 6 nitrogen and oxygen atoms in total. The summed E-state index contributed by atoms with van der Waals surface area (Å²) >= 11 is 0. The van der Waals surface area contributed by atoms with Crippen LogP contribution in [0.1, 0.15) is 29.0 Å². The van der Waals surface area contributed by atoms with Crippen LogP contribution in [0.5, 0.6) is 0 Å². The fraction of sp³-hybridized carbons (Fsp3) is 0.158. The van der Waals surface area contributed by atoms with Crippen LogP contribution in [0.25, 0.3) is 11.3 Å². The highest BCUT2D eigenvalue weighted by Gasteiger charge is 2.15. The van der Waals surface area contributed by atoms with Gasteiger partial charge in [0.05, 0.1) is 16.6 Å². The largest absolute Gasteiger partial charge is 0.344 e. The standard InChI is InChI=1S/C19H19N3O3S/c1-13(14-8-10-16(11-9-14)26(2,24)25)20-19(23)18-12-17(21-22-18)15-6-4-3-5-7-15/h3-13H,1-2H3,(H,20,23)(H,21,22). The van der Waals surface area contributed by atoms with E-state index in [1.165, 1.54) is 12.1 Å². The van der Waals surface area contributed by atoms with Gasteiger partial charge < -0.3 is 5.32 Å². The van der Waals surface area contributed by atoms with Crippen LogP contribution in [-0.4, -0.2) is 30.8 Å². The lowest BCUT2D eigenvalue weighted by atomic mass is 10.1. The van der Waals surface area contributed by atoms with Crippen LogP contribution in [0.15, 0.2) is 65.6 Å². The third-order valence-electron chi connectivity index (χ3n) is 4.05. The fourth-order valence-corrected chi connectivity index (χ4v) is 3.19.